The lowest BCUT2D eigenvalue weighted by molar-refractivity contribution is -0.129. The van der Waals surface area contributed by atoms with Crippen molar-refractivity contribution in [3.63, 3.8) is 0 Å². The molecule has 1 N–H and O–H groups in total. The Bertz CT molecular complexity index is 823. The van der Waals surface area contributed by atoms with Crippen LogP contribution in [-0.4, -0.2) is 44.0 Å². The average Bonchev–Trinajstić information content (AvgIpc) is 3.11. The SMILES string of the molecule is COc1ccc(CNC(=O)[C@@H]2CC(=O)N(CCc3ccccc3)C2)cc1OC. The van der Waals surface area contributed by atoms with Crippen molar-refractivity contribution in [2.75, 3.05) is 27.3 Å². The van der Waals surface area contributed by atoms with E-state index in [9.17, 15) is 9.59 Å². The van der Waals surface area contributed by atoms with Crippen LogP contribution in [0.1, 0.15) is 17.5 Å². The fourth-order valence-electron chi connectivity index (χ4n) is 3.40. The fraction of sp³-hybridized carbons (Fsp3) is 0.364. The highest BCUT2D eigenvalue weighted by Crippen LogP contribution is 2.27. The summed E-state index contributed by atoms with van der Waals surface area (Å²) in [6.45, 7) is 1.50. The number of benzene rings is 2. The summed E-state index contributed by atoms with van der Waals surface area (Å²) < 4.78 is 10.5. The second-order valence-electron chi connectivity index (χ2n) is 6.88. The lowest BCUT2D eigenvalue weighted by Crippen LogP contribution is -2.33. The van der Waals surface area contributed by atoms with Crippen molar-refractivity contribution in [3.05, 3.63) is 59.7 Å². The van der Waals surface area contributed by atoms with Crippen LogP contribution in [0.15, 0.2) is 48.5 Å². The number of carbonyl (C=O) groups excluding carboxylic acids is 2. The Morgan fingerprint density at radius 1 is 1.07 bits per heavy atom. The van der Waals surface area contributed by atoms with Crippen molar-refractivity contribution in [3.8, 4) is 11.5 Å². The number of hydrogen-bond donors (Lipinski definition) is 1. The molecule has 6 heteroatoms. The molecule has 1 fully saturated rings. The van der Waals surface area contributed by atoms with Gasteiger partial charge >= 0.3 is 0 Å². The van der Waals surface area contributed by atoms with Gasteiger partial charge in [-0.1, -0.05) is 36.4 Å². The van der Waals surface area contributed by atoms with E-state index in [1.807, 2.05) is 48.5 Å². The predicted octanol–water partition coefficient (Wildman–Crippen LogP) is 2.41. The molecule has 3 rings (SSSR count). The molecule has 1 aliphatic rings. The third-order valence-electron chi connectivity index (χ3n) is 5.01. The zero-order chi connectivity index (χ0) is 19.9. The average molecular weight is 382 g/mol. The largest absolute Gasteiger partial charge is 0.493 e. The molecule has 0 saturated carbocycles. The lowest BCUT2D eigenvalue weighted by atomic mass is 10.1. The van der Waals surface area contributed by atoms with Gasteiger partial charge in [0.05, 0.1) is 20.1 Å². The van der Waals surface area contributed by atoms with Gasteiger partial charge in [0.15, 0.2) is 11.5 Å². The quantitative estimate of drug-likeness (QED) is 0.761. The van der Waals surface area contributed by atoms with Crippen LogP contribution in [0.5, 0.6) is 11.5 Å². The smallest absolute Gasteiger partial charge is 0.225 e. The second-order valence-corrected chi connectivity index (χ2v) is 6.88. The van der Waals surface area contributed by atoms with E-state index in [0.717, 1.165) is 12.0 Å². The zero-order valence-electron chi connectivity index (χ0n) is 16.3. The number of rotatable bonds is 8. The normalized spacial score (nSPS) is 16.1. The highest BCUT2D eigenvalue weighted by Gasteiger charge is 2.33. The summed E-state index contributed by atoms with van der Waals surface area (Å²) in [7, 11) is 3.16. The molecule has 2 aromatic rings. The maximum absolute atomic E-state index is 12.5. The molecule has 1 atom stereocenters. The molecular weight excluding hydrogens is 356 g/mol. The molecule has 0 radical (unpaired) electrons. The van der Waals surface area contributed by atoms with Gasteiger partial charge in [0.2, 0.25) is 11.8 Å². The summed E-state index contributed by atoms with van der Waals surface area (Å²) in [6.07, 6.45) is 1.07. The van der Waals surface area contributed by atoms with Gasteiger partial charge in [-0.05, 0) is 29.7 Å². The van der Waals surface area contributed by atoms with Crippen LogP contribution in [0.4, 0.5) is 0 Å². The number of carbonyl (C=O) groups is 2. The first-order valence-electron chi connectivity index (χ1n) is 9.41. The Balaban J connectivity index is 1.50. The molecule has 148 valence electrons. The summed E-state index contributed by atoms with van der Waals surface area (Å²) in [5.41, 5.74) is 2.10. The van der Waals surface area contributed by atoms with Crippen molar-refractivity contribution < 1.29 is 19.1 Å². The number of ether oxygens (including phenoxy) is 2. The van der Waals surface area contributed by atoms with E-state index in [4.69, 9.17) is 9.47 Å². The first-order chi connectivity index (χ1) is 13.6. The Kier molecular flexibility index (Phi) is 6.53. The summed E-state index contributed by atoms with van der Waals surface area (Å²) >= 11 is 0. The van der Waals surface area contributed by atoms with Crippen molar-refractivity contribution in [1.29, 1.82) is 0 Å². The van der Waals surface area contributed by atoms with E-state index in [0.29, 0.717) is 31.1 Å². The predicted molar refractivity (Wildman–Crippen MR) is 106 cm³/mol. The van der Waals surface area contributed by atoms with Crippen LogP contribution in [0.3, 0.4) is 0 Å². The summed E-state index contributed by atoms with van der Waals surface area (Å²) in [6, 6.07) is 15.6. The Morgan fingerprint density at radius 3 is 2.54 bits per heavy atom. The molecule has 0 aliphatic carbocycles. The van der Waals surface area contributed by atoms with Gasteiger partial charge in [-0.25, -0.2) is 0 Å². The van der Waals surface area contributed by atoms with Gasteiger partial charge in [-0.15, -0.1) is 0 Å². The lowest BCUT2D eigenvalue weighted by Gasteiger charge is -2.16. The van der Waals surface area contributed by atoms with E-state index in [1.54, 1.807) is 19.1 Å². The Labute approximate surface area is 165 Å². The van der Waals surface area contributed by atoms with Crippen molar-refractivity contribution >= 4 is 11.8 Å². The summed E-state index contributed by atoms with van der Waals surface area (Å²) in [4.78, 5) is 26.6. The minimum absolute atomic E-state index is 0.0437. The topological polar surface area (TPSA) is 67.9 Å². The first-order valence-corrected chi connectivity index (χ1v) is 9.41. The van der Waals surface area contributed by atoms with E-state index in [-0.39, 0.29) is 24.2 Å². The van der Waals surface area contributed by atoms with Crippen LogP contribution in [0.2, 0.25) is 0 Å². The minimum atomic E-state index is -0.302. The number of nitrogens with one attached hydrogen (secondary N) is 1. The third kappa shape index (κ3) is 4.82. The summed E-state index contributed by atoms with van der Waals surface area (Å²) in [5.74, 6) is 0.918. The minimum Gasteiger partial charge on any atom is -0.493 e. The molecule has 0 aromatic heterocycles. The van der Waals surface area contributed by atoms with E-state index >= 15 is 0 Å². The molecular formula is C22H26N2O4. The first kappa shape index (κ1) is 19.7. The van der Waals surface area contributed by atoms with Crippen LogP contribution >= 0.6 is 0 Å². The van der Waals surface area contributed by atoms with Crippen LogP contribution in [-0.2, 0) is 22.6 Å². The summed E-state index contributed by atoms with van der Waals surface area (Å²) in [5, 5.41) is 2.93. The number of hydrogen-bond acceptors (Lipinski definition) is 4. The van der Waals surface area contributed by atoms with Crippen molar-refractivity contribution in [1.82, 2.24) is 10.2 Å². The monoisotopic (exact) mass is 382 g/mol. The molecule has 1 saturated heterocycles. The number of nitrogens with zero attached hydrogens (tertiary/aromatic N) is 1. The van der Waals surface area contributed by atoms with E-state index < -0.39 is 0 Å². The highest BCUT2D eigenvalue weighted by molar-refractivity contribution is 5.89. The molecule has 0 unspecified atom stereocenters. The van der Waals surface area contributed by atoms with Gasteiger partial charge in [0, 0.05) is 26.1 Å². The van der Waals surface area contributed by atoms with Crippen LogP contribution in [0.25, 0.3) is 0 Å². The Morgan fingerprint density at radius 2 is 1.82 bits per heavy atom. The van der Waals surface area contributed by atoms with Gasteiger partial charge < -0.3 is 19.7 Å². The standard InChI is InChI=1S/C22H26N2O4/c1-27-19-9-8-17(12-20(19)28-2)14-23-22(26)18-13-21(25)24(15-18)11-10-16-6-4-3-5-7-16/h3-9,12,18H,10-11,13-15H2,1-2H3,(H,23,26)/t18-/m1/s1. The maximum atomic E-state index is 12.5. The highest BCUT2D eigenvalue weighted by atomic mass is 16.5. The van der Waals surface area contributed by atoms with Gasteiger partial charge in [-0.3, -0.25) is 9.59 Å². The van der Waals surface area contributed by atoms with Crippen molar-refractivity contribution in [2.45, 2.75) is 19.4 Å². The van der Waals surface area contributed by atoms with Gasteiger partial charge in [0.25, 0.3) is 0 Å². The molecule has 1 aliphatic heterocycles. The van der Waals surface area contributed by atoms with Crippen LogP contribution in [0, 0.1) is 5.92 Å². The third-order valence-corrected chi connectivity index (χ3v) is 5.01. The zero-order valence-corrected chi connectivity index (χ0v) is 16.3. The molecule has 1 heterocycles. The van der Waals surface area contributed by atoms with E-state index in [2.05, 4.69) is 5.32 Å². The number of likely N-dealkylation sites (tertiary alicyclic amines) is 1. The van der Waals surface area contributed by atoms with Gasteiger partial charge in [-0.2, -0.15) is 0 Å². The Hall–Kier alpha value is -3.02. The number of amides is 2. The molecule has 0 bridgehead atoms. The van der Waals surface area contributed by atoms with Gasteiger partial charge in [0.1, 0.15) is 0 Å². The molecule has 28 heavy (non-hydrogen) atoms. The molecule has 2 aromatic carbocycles. The number of methoxy groups -OCH3 is 2. The second kappa shape index (κ2) is 9.26. The van der Waals surface area contributed by atoms with E-state index in [1.165, 1.54) is 5.56 Å². The van der Waals surface area contributed by atoms with Crippen LogP contribution < -0.4 is 14.8 Å². The molecule has 6 nitrogen and oxygen atoms in total. The fourth-order valence-corrected chi connectivity index (χ4v) is 3.40. The van der Waals surface area contributed by atoms with Crippen molar-refractivity contribution in [2.24, 2.45) is 5.92 Å². The molecule has 2 amide bonds. The maximum Gasteiger partial charge on any atom is 0.225 e. The molecule has 0 spiro atoms.